The van der Waals surface area contributed by atoms with Crippen LogP contribution in [0.3, 0.4) is 0 Å². The maximum atomic E-state index is 4.46. The molecular formula is C17H15BrN2. The first-order valence-electron chi connectivity index (χ1n) is 6.57. The van der Waals surface area contributed by atoms with Crippen molar-refractivity contribution in [2.45, 2.75) is 13.5 Å². The zero-order valence-corrected chi connectivity index (χ0v) is 12.8. The lowest BCUT2D eigenvalue weighted by Gasteiger charge is -2.10. The molecule has 0 unspecified atom stereocenters. The average molecular weight is 327 g/mol. The van der Waals surface area contributed by atoms with Gasteiger partial charge in [0.15, 0.2) is 0 Å². The van der Waals surface area contributed by atoms with Crippen molar-refractivity contribution in [1.82, 2.24) is 4.98 Å². The Balaban J connectivity index is 1.87. The Morgan fingerprint density at radius 2 is 1.95 bits per heavy atom. The van der Waals surface area contributed by atoms with Crippen molar-refractivity contribution in [2.24, 2.45) is 0 Å². The van der Waals surface area contributed by atoms with Gasteiger partial charge in [-0.05, 0) is 36.2 Å². The molecule has 0 saturated heterocycles. The quantitative estimate of drug-likeness (QED) is 0.739. The normalized spacial score (nSPS) is 10.7. The predicted octanol–water partition coefficient (Wildman–Crippen LogP) is 4.92. The van der Waals surface area contributed by atoms with Crippen molar-refractivity contribution < 1.29 is 0 Å². The molecule has 100 valence electrons. The highest BCUT2D eigenvalue weighted by Gasteiger charge is 2.03. The van der Waals surface area contributed by atoms with Crippen LogP contribution in [0.2, 0.25) is 0 Å². The minimum atomic E-state index is 0.774. The van der Waals surface area contributed by atoms with Crippen LogP contribution in [-0.4, -0.2) is 4.98 Å². The molecule has 3 rings (SSSR count). The fraction of sp³-hybridized carbons (Fsp3) is 0.118. The van der Waals surface area contributed by atoms with Crippen LogP contribution in [0.25, 0.3) is 10.9 Å². The van der Waals surface area contributed by atoms with E-state index in [1.807, 2.05) is 12.3 Å². The van der Waals surface area contributed by atoms with E-state index in [0.29, 0.717) is 0 Å². The third kappa shape index (κ3) is 2.68. The summed E-state index contributed by atoms with van der Waals surface area (Å²) in [5.41, 5.74) is 4.57. The largest absolute Gasteiger partial charge is 0.379 e. The summed E-state index contributed by atoms with van der Waals surface area (Å²) in [7, 11) is 0. The van der Waals surface area contributed by atoms with Gasteiger partial charge in [0.25, 0.3) is 0 Å². The monoisotopic (exact) mass is 326 g/mol. The van der Waals surface area contributed by atoms with Crippen molar-refractivity contribution in [3.05, 3.63) is 70.3 Å². The van der Waals surface area contributed by atoms with Crippen LogP contribution in [0.5, 0.6) is 0 Å². The number of rotatable bonds is 3. The van der Waals surface area contributed by atoms with Crippen molar-refractivity contribution in [3.8, 4) is 0 Å². The van der Waals surface area contributed by atoms with Gasteiger partial charge in [-0.3, -0.25) is 4.98 Å². The standard InChI is InChI=1S/C17H15BrN2/c1-12-7-8-14(15(18)10-12)11-20-16-6-2-4-13-5-3-9-19-17(13)16/h2-10,20H,11H2,1H3. The Kier molecular flexibility index (Phi) is 3.70. The molecule has 0 aliphatic rings. The number of benzene rings is 2. The van der Waals surface area contributed by atoms with Gasteiger partial charge in [0, 0.05) is 22.6 Å². The summed E-state index contributed by atoms with van der Waals surface area (Å²) < 4.78 is 1.14. The van der Waals surface area contributed by atoms with E-state index in [4.69, 9.17) is 0 Å². The molecule has 1 N–H and O–H groups in total. The number of para-hydroxylation sites is 1. The van der Waals surface area contributed by atoms with E-state index >= 15 is 0 Å². The lowest BCUT2D eigenvalue weighted by Crippen LogP contribution is -2.01. The molecule has 0 saturated carbocycles. The Morgan fingerprint density at radius 1 is 1.10 bits per heavy atom. The molecule has 2 nitrogen and oxygen atoms in total. The molecule has 20 heavy (non-hydrogen) atoms. The molecule has 0 amide bonds. The average Bonchev–Trinajstić information content (AvgIpc) is 2.46. The molecule has 1 heterocycles. The number of nitrogens with zero attached hydrogens (tertiary/aromatic N) is 1. The number of pyridine rings is 1. The Bertz CT molecular complexity index is 748. The summed E-state index contributed by atoms with van der Waals surface area (Å²) in [6, 6.07) is 16.6. The maximum Gasteiger partial charge on any atom is 0.0933 e. The molecule has 0 radical (unpaired) electrons. The Morgan fingerprint density at radius 3 is 2.80 bits per heavy atom. The first-order chi connectivity index (χ1) is 9.74. The van der Waals surface area contributed by atoms with E-state index in [1.54, 1.807) is 0 Å². The van der Waals surface area contributed by atoms with Gasteiger partial charge in [0.1, 0.15) is 0 Å². The summed E-state index contributed by atoms with van der Waals surface area (Å²) in [5.74, 6) is 0. The van der Waals surface area contributed by atoms with E-state index in [-0.39, 0.29) is 0 Å². The van der Waals surface area contributed by atoms with Gasteiger partial charge in [-0.1, -0.05) is 46.3 Å². The van der Waals surface area contributed by atoms with Crippen LogP contribution in [0.4, 0.5) is 5.69 Å². The summed E-state index contributed by atoms with van der Waals surface area (Å²) in [6.07, 6.45) is 1.83. The smallest absolute Gasteiger partial charge is 0.0933 e. The molecule has 0 atom stereocenters. The highest BCUT2D eigenvalue weighted by molar-refractivity contribution is 9.10. The van der Waals surface area contributed by atoms with E-state index in [0.717, 1.165) is 27.6 Å². The Labute approximate surface area is 127 Å². The number of aromatic nitrogens is 1. The van der Waals surface area contributed by atoms with E-state index in [2.05, 4.69) is 75.6 Å². The molecule has 2 aromatic carbocycles. The highest BCUT2D eigenvalue weighted by Crippen LogP contribution is 2.23. The molecule has 1 aromatic heterocycles. The number of fused-ring (bicyclic) bond motifs is 1. The van der Waals surface area contributed by atoms with Gasteiger partial charge in [-0.2, -0.15) is 0 Å². The number of hydrogen-bond donors (Lipinski definition) is 1. The van der Waals surface area contributed by atoms with Gasteiger partial charge in [-0.25, -0.2) is 0 Å². The summed E-state index contributed by atoms with van der Waals surface area (Å²) >= 11 is 3.61. The number of aryl methyl sites for hydroxylation is 1. The van der Waals surface area contributed by atoms with Gasteiger partial charge >= 0.3 is 0 Å². The van der Waals surface area contributed by atoms with Gasteiger partial charge in [-0.15, -0.1) is 0 Å². The number of anilines is 1. The van der Waals surface area contributed by atoms with Crippen molar-refractivity contribution in [2.75, 3.05) is 5.32 Å². The van der Waals surface area contributed by atoms with Crippen molar-refractivity contribution in [3.63, 3.8) is 0 Å². The second-order valence-corrected chi connectivity index (χ2v) is 5.68. The summed E-state index contributed by atoms with van der Waals surface area (Å²) in [6.45, 7) is 2.87. The third-order valence-electron chi connectivity index (χ3n) is 3.31. The first kappa shape index (κ1) is 13.1. The lowest BCUT2D eigenvalue weighted by molar-refractivity contribution is 1.13. The molecule has 0 spiro atoms. The van der Waals surface area contributed by atoms with E-state index < -0.39 is 0 Å². The first-order valence-corrected chi connectivity index (χ1v) is 7.36. The fourth-order valence-electron chi connectivity index (χ4n) is 2.23. The van der Waals surface area contributed by atoms with Crippen molar-refractivity contribution >= 4 is 32.5 Å². The summed E-state index contributed by atoms with van der Waals surface area (Å²) in [5, 5.41) is 4.62. The van der Waals surface area contributed by atoms with Gasteiger partial charge in [0.05, 0.1) is 11.2 Å². The topological polar surface area (TPSA) is 24.9 Å². The third-order valence-corrected chi connectivity index (χ3v) is 4.05. The van der Waals surface area contributed by atoms with Crippen LogP contribution >= 0.6 is 15.9 Å². The lowest BCUT2D eigenvalue weighted by atomic mass is 10.1. The second kappa shape index (κ2) is 5.63. The molecule has 3 heteroatoms. The van der Waals surface area contributed by atoms with Crippen molar-refractivity contribution in [1.29, 1.82) is 0 Å². The van der Waals surface area contributed by atoms with Crippen LogP contribution in [0.1, 0.15) is 11.1 Å². The molecule has 0 bridgehead atoms. The van der Waals surface area contributed by atoms with Gasteiger partial charge < -0.3 is 5.32 Å². The molecular weight excluding hydrogens is 312 g/mol. The predicted molar refractivity (Wildman–Crippen MR) is 87.9 cm³/mol. The molecule has 0 fully saturated rings. The minimum absolute atomic E-state index is 0.774. The number of nitrogens with one attached hydrogen (secondary N) is 1. The number of hydrogen-bond acceptors (Lipinski definition) is 2. The highest BCUT2D eigenvalue weighted by atomic mass is 79.9. The Hall–Kier alpha value is -1.87. The van der Waals surface area contributed by atoms with Gasteiger partial charge in [0.2, 0.25) is 0 Å². The van der Waals surface area contributed by atoms with Crippen LogP contribution in [0, 0.1) is 6.92 Å². The number of halogens is 1. The fourth-order valence-corrected chi connectivity index (χ4v) is 2.87. The van der Waals surface area contributed by atoms with Crippen LogP contribution < -0.4 is 5.32 Å². The van der Waals surface area contributed by atoms with Crippen LogP contribution in [0.15, 0.2) is 59.2 Å². The van der Waals surface area contributed by atoms with Crippen LogP contribution in [-0.2, 0) is 6.54 Å². The minimum Gasteiger partial charge on any atom is -0.379 e. The molecule has 3 aromatic rings. The zero-order valence-electron chi connectivity index (χ0n) is 11.2. The summed E-state index contributed by atoms with van der Waals surface area (Å²) in [4.78, 5) is 4.46. The molecule has 0 aliphatic heterocycles. The van der Waals surface area contributed by atoms with E-state index in [1.165, 1.54) is 11.1 Å². The maximum absolute atomic E-state index is 4.46. The second-order valence-electron chi connectivity index (χ2n) is 4.83. The molecule has 0 aliphatic carbocycles. The zero-order chi connectivity index (χ0) is 13.9. The van der Waals surface area contributed by atoms with E-state index in [9.17, 15) is 0 Å². The SMILES string of the molecule is Cc1ccc(CNc2cccc3cccnc23)c(Br)c1.